The second-order valence-corrected chi connectivity index (χ2v) is 9.87. The number of carbonyl (C=O) groups is 1. The van der Waals surface area contributed by atoms with Gasteiger partial charge in [0.15, 0.2) is 5.13 Å². The fraction of sp³-hybridized carbons (Fsp3) is 0.143. The van der Waals surface area contributed by atoms with Crippen molar-refractivity contribution in [1.29, 1.82) is 0 Å². The van der Waals surface area contributed by atoms with Gasteiger partial charge in [-0.25, -0.2) is 4.98 Å². The van der Waals surface area contributed by atoms with Crippen LogP contribution in [0.1, 0.15) is 27.0 Å². The van der Waals surface area contributed by atoms with Crippen molar-refractivity contribution < 1.29 is 4.79 Å². The summed E-state index contributed by atoms with van der Waals surface area (Å²) in [4.78, 5) is 19.6. The molecule has 0 aliphatic heterocycles. The topological polar surface area (TPSA) is 71.2 Å². The molecule has 184 valence electrons. The number of nitrogens with zero attached hydrogens (tertiary/aromatic N) is 2. The van der Waals surface area contributed by atoms with Gasteiger partial charge in [-0.3, -0.25) is 4.79 Å². The van der Waals surface area contributed by atoms with E-state index < -0.39 is 0 Å². The molecule has 0 saturated carbocycles. The Labute approximate surface area is 225 Å². The molecule has 0 fully saturated rings. The first kappa shape index (κ1) is 25.9. The van der Waals surface area contributed by atoms with Crippen LogP contribution in [0.15, 0.2) is 84.8 Å². The number of halogens is 2. The molecular formula is C28H26Cl2N4OS. The number of nitrogens with two attached hydrogens (primary N) is 1. The van der Waals surface area contributed by atoms with Crippen LogP contribution >= 0.6 is 34.5 Å². The molecule has 1 amide bonds. The van der Waals surface area contributed by atoms with Crippen molar-refractivity contribution in [3.8, 4) is 11.3 Å². The van der Waals surface area contributed by atoms with Gasteiger partial charge >= 0.3 is 0 Å². The highest BCUT2D eigenvalue weighted by Crippen LogP contribution is 2.32. The molecule has 36 heavy (non-hydrogen) atoms. The van der Waals surface area contributed by atoms with Gasteiger partial charge < -0.3 is 16.0 Å². The van der Waals surface area contributed by atoms with Gasteiger partial charge in [0.25, 0.3) is 5.91 Å². The third kappa shape index (κ3) is 6.53. The van der Waals surface area contributed by atoms with E-state index in [2.05, 4.69) is 16.8 Å². The summed E-state index contributed by atoms with van der Waals surface area (Å²) in [5.74, 6) is -0.117. The molecule has 0 aliphatic carbocycles. The number of rotatable bonds is 10. The predicted octanol–water partition coefficient (Wildman–Crippen LogP) is 6.70. The van der Waals surface area contributed by atoms with E-state index in [0.29, 0.717) is 41.8 Å². The zero-order valence-corrected chi connectivity index (χ0v) is 21.9. The maximum absolute atomic E-state index is 12.6. The third-order valence-corrected chi connectivity index (χ3v) is 7.24. The highest BCUT2D eigenvalue weighted by atomic mass is 35.5. The van der Waals surface area contributed by atoms with Crippen LogP contribution < -0.4 is 16.0 Å². The standard InChI is InChI=1S/C28H26Cl2N4OS/c1-2-12-34(28-33-26(18-36-28)23-10-11-24(29)25(30)14-23)17-19-6-8-22(9-7-19)27(35)32-16-21-5-3-4-20(13-21)15-31/h2-11,13-14,18H,1,12,15-17,31H2,(H,32,35). The number of thiazole rings is 1. The zero-order chi connectivity index (χ0) is 25.5. The molecule has 0 atom stereocenters. The normalized spacial score (nSPS) is 10.8. The van der Waals surface area contributed by atoms with Gasteiger partial charge in [0.1, 0.15) is 0 Å². The summed E-state index contributed by atoms with van der Waals surface area (Å²) in [5, 5.41) is 6.86. The minimum atomic E-state index is -0.117. The van der Waals surface area contributed by atoms with E-state index in [9.17, 15) is 4.79 Å². The number of carbonyl (C=O) groups excluding carboxylic acids is 1. The van der Waals surface area contributed by atoms with Crippen LogP contribution in [0, 0.1) is 0 Å². The minimum absolute atomic E-state index is 0.117. The second-order valence-electron chi connectivity index (χ2n) is 8.22. The quantitative estimate of drug-likeness (QED) is 0.221. The van der Waals surface area contributed by atoms with E-state index >= 15 is 0 Å². The molecule has 0 radical (unpaired) electrons. The van der Waals surface area contributed by atoms with Gasteiger partial charge in [-0.1, -0.05) is 71.7 Å². The first-order valence-electron chi connectivity index (χ1n) is 11.4. The fourth-order valence-corrected chi connectivity index (χ4v) is 4.84. The summed E-state index contributed by atoms with van der Waals surface area (Å²) in [7, 11) is 0. The van der Waals surface area contributed by atoms with E-state index in [1.54, 1.807) is 17.4 Å². The van der Waals surface area contributed by atoms with Crippen molar-refractivity contribution in [2.45, 2.75) is 19.6 Å². The molecule has 0 unspecified atom stereocenters. The van der Waals surface area contributed by atoms with Crippen LogP contribution in [0.4, 0.5) is 5.13 Å². The van der Waals surface area contributed by atoms with Crippen molar-refractivity contribution in [2.75, 3.05) is 11.4 Å². The molecule has 0 saturated heterocycles. The maximum atomic E-state index is 12.6. The third-order valence-electron chi connectivity index (χ3n) is 5.60. The van der Waals surface area contributed by atoms with Crippen LogP contribution in [-0.4, -0.2) is 17.4 Å². The van der Waals surface area contributed by atoms with Crippen LogP contribution in [0.3, 0.4) is 0 Å². The number of aromatic nitrogens is 1. The minimum Gasteiger partial charge on any atom is -0.348 e. The first-order valence-corrected chi connectivity index (χ1v) is 13.0. The lowest BCUT2D eigenvalue weighted by Gasteiger charge is -2.20. The molecule has 4 rings (SSSR count). The molecule has 0 bridgehead atoms. The molecule has 3 N–H and O–H groups in total. The summed E-state index contributed by atoms with van der Waals surface area (Å²) >= 11 is 13.8. The van der Waals surface area contributed by atoms with Gasteiger partial charge in [0, 0.05) is 42.7 Å². The molecule has 8 heteroatoms. The average molecular weight is 538 g/mol. The van der Waals surface area contributed by atoms with Gasteiger partial charge in [-0.05, 0) is 41.0 Å². The Balaban J connectivity index is 1.41. The van der Waals surface area contributed by atoms with Gasteiger partial charge in [-0.2, -0.15) is 0 Å². The van der Waals surface area contributed by atoms with E-state index in [4.69, 9.17) is 33.9 Å². The highest BCUT2D eigenvalue weighted by Gasteiger charge is 2.14. The van der Waals surface area contributed by atoms with E-state index in [1.165, 1.54) is 0 Å². The lowest BCUT2D eigenvalue weighted by molar-refractivity contribution is 0.0951. The smallest absolute Gasteiger partial charge is 0.251 e. The monoisotopic (exact) mass is 536 g/mol. The molecule has 1 aromatic heterocycles. The van der Waals surface area contributed by atoms with Crippen molar-refractivity contribution in [3.63, 3.8) is 0 Å². The molecule has 5 nitrogen and oxygen atoms in total. The number of anilines is 1. The molecular weight excluding hydrogens is 511 g/mol. The molecule has 4 aromatic rings. The summed E-state index contributed by atoms with van der Waals surface area (Å²) in [6.07, 6.45) is 1.85. The Hall–Kier alpha value is -3.16. The van der Waals surface area contributed by atoms with Crippen LogP contribution in [0.5, 0.6) is 0 Å². The average Bonchev–Trinajstić information content (AvgIpc) is 3.39. The van der Waals surface area contributed by atoms with E-state index in [-0.39, 0.29) is 5.91 Å². The highest BCUT2D eigenvalue weighted by molar-refractivity contribution is 7.14. The molecule has 0 spiro atoms. The zero-order valence-electron chi connectivity index (χ0n) is 19.6. The fourth-order valence-electron chi connectivity index (χ4n) is 3.70. The largest absolute Gasteiger partial charge is 0.348 e. The molecule has 3 aromatic carbocycles. The van der Waals surface area contributed by atoms with Gasteiger partial charge in [-0.15, -0.1) is 17.9 Å². The predicted molar refractivity (Wildman–Crippen MR) is 151 cm³/mol. The van der Waals surface area contributed by atoms with Crippen LogP contribution in [-0.2, 0) is 19.6 Å². The Bertz CT molecular complexity index is 1350. The van der Waals surface area contributed by atoms with Crippen molar-refractivity contribution in [2.24, 2.45) is 5.73 Å². The SMILES string of the molecule is C=CCN(Cc1ccc(C(=O)NCc2cccc(CN)c2)cc1)c1nc(-c2ccc(Cl)c(Cl)c2)cs1. The Morgan fingerprint density at radius 1 is 1.03 bits per heavy atom. The van der Waals surface area contributed by atoms with Crippen molar-refractivity contribution in [3.05, 3.63) is 117 Å². The maximum Gasteiger partial charge on any atom is 0.251 e. The van der Waals surface area contributed by atoms with Gasteiger partial charge in [0.05, 0.1) is 15.7 Å². The van der Waals surface area contributed by atoms with Gasteiger partial charge in [0.2, 0.25) is 0 Å². The first-order chi connectivity index (χ1) is 17.5. The Kier molecular flexibility index (Phi) is 8.78. The van der Waals surface area contributed by atoms with Crippen molar-refractivity contribution in [1.82, 2.24) is 10.3 Å². The summed E-state index contributed by atoms with van der Waals surface area (Å²) in [5.41, 5.74) is 11.2. The number of hydrogen-bond donors (Lipinski definition) is 2. The summed E-state index contributed by atoms with van der Waals surface area (Å²) < 4.78 is 0. The summed E-state index contributed by atoms with van der Waals surface area (Å²) in [6, 6.07) is 21.0. The van der Waals surface area contributed by atoms with Crippen molar-refractivity contribution >= 4 is 45.6 Å². The molecule has 1 heterocycles. The van der Waals surface area contributed by atoms with Crippen LogP contribution in [0.25, 0.3) is 11.3 Å². The number of amides is 1. The lowest BCUT2D eigenvalue weighted by atomic mass is 10.1. The summed E-state index contributed by atoms with van der Waals surface area (Å²) in [6.45, 7) is 6.09. The lowest BCUT2D eigenvalue weighted by Crippen LogP contribution is -2.24. The number of hydrogen-bond acceptors (Lipinski definition) is 5. The van der Waals surface area contributed by atoms with E-state index in [0.717, 1.165) is 33.1 Å². The number of nitrogens with one attached hydrogen (secondary N) is 1. The van der Waals surface area contributed by atoms with Crippen LogP contribution in [0.2, 0.25) is 10.0 Å². The Morgan fingerprint density at radius 3 is 2.53 bits per heavy atom. The Morgan fingerprint density at radius 2 is 1.81 bits per heavy atom. The molecule has 0 aliphatic rings. The van der Waals surface area contributed by atoms with E-state index in [1.807, 2.05) is 72.1 Å². The second kappa shape index (κ2) is 12.2. The number of benzene rings is 3.